The van der Waals surface area contributed by atoms with Crippen LogP contribution in [0.3, 0.4) is 0 Å². The largest absolute Gasteiger partial charge is 0.462 e. The quantitative estimate of drug-likeness (QED) is 0.451. The fourth-order valence-corrected chi connectivity index (χ4v) is 1.08. The summed E-state index contributed by atoms with van der Waals surface area (Å²) in [6, 6.07) is 1.50. The normalized spacial score (nSPS) is 9.44. The fourth-order valence-electron chi connectivity index (χ4n) is 1.08. The van der Waals surface area contributed by atoms with Crippen LogP contribution in [-0.4, -0.2) is 18.7 Å². The topological polar surface area (TPSA) is 55.7 Å². The minimum absolute atomic E-state index is 0.00591. The van der Waals surface area contributed by atoms with Crippen LogP contribution < -0.4 is 0 Å². The average molecular weight is 227 g/mol. The Labute approximate surface area is 89.6 Å². The molecule has 0 unspecified atom stereocenters. The smallest absolute Gasteiger partial charge is 0.344 e. The van der Waals surface area contributed by atoms with Gasteiger partial charge in [0.15, 0.2) is 0 Å². The molecule has 16 heavy (non-hydrogen) atoms. The highest BCUT2D eigenvalue weighted by Crippen LogP contribution is 2.21. The summed E-state index contributed by atoms with van der Waals surface area (Å²) in [5, 5.41) is 0. The molecule has 0 saturated heterocycles. The summed E-state index contributed by atoms with van der Waals surface area (Å²) < 4.78 is 31.0. The van der Waals surface area contributed by atoms with E-state index in [1.54, 1.807) is 0 Å². The molecule has 1 aromatic rings. The van der Waals surface area contributed by atoms with E-state index >= 15 is 0 Å². The summed E-state index contributed by atoms with van der Waals surface area (Å²) in [5.41, 5.74) is -1.05. The molecule has 4 nitrogen and oxygen atoms in total. The van der Waals surface area contributed by atoms with Gasteiger partial charge in [-0.1, -0.05) is 0 Å². The van der Waals surface area contributed by atoms with E-state index in [9.17, 15) is 18.4 Å². The zero-order valence-corrected chi connectivity index (χ0v) is 8.29. The second-order valence-electron chi connectivity index (χ2n) is 2.71. The van der Waals surface area contributed by atoms with Crippen molar-refractivity contribution in [3.05, 3.63) is 29.3 Å². The number of nitrogens with zero attached hydrogens (tertiary/aromatic N) is 1. The van der Waals surface area contributed by atoms with Gasteiger partial charge in [-0.25, -0.2) is 18.4 Å². The molecule has 0 radical (unpaired) electrons. The van der Waals surface area contributed by atoms with Crippen molar-refractivity contribution in [1.82, 2.24) is 0 Å². The summed E-state index contributed by atoms with van der Waals surface area (Å²) in [5.74, 6) is -3.36. The highest BCUT2D eigenvalue weighted by molar-refractivity contribution is 5.90. The van der Waals surface area contributed by atoms with Gasteiger partial charge in [0, 0.05) is 12.1 Å². The predicted molar refractivity (Wildman–Crippen MR) is 50.1 cm³/mol. The maximum Gasteiger partial charge on any atom is 0.344 e. The minimum Gasteiger partial charge on any atom is -0.462 e. The molecular weight excluding hydrogens is 220 g/mol. The van der Waals surface area contributed by atoms with Crippen LogP contribution in [0, 0.1) is 11.6 Å². The van der Waals surface area contributed by atoms with E-state index in [2.05, 4.69) is 9.73 Å². The number of halogens is 2. The third-order valence-corrected chi connectivity index (χ3v) is 1.68. The first-order chi connectivity index (χ1) is 7.60. The number of hydrogen-bond donors (Lipinski definition) is 0. The summed E-state index contributed by atoms with van der Waals surface area (Å²) in [6.07, 6.45) is 1.14. The molecule has 0 atom stereocenters. The van der Waals surface area contributed by atoms with E-state index < -0.39 is 23.2 Å². The highest BCUT2D eigenvalue weighted by Gasteiger charge is 2.19. The van der Waals surface area contributed by atoms with E-state index in [0.29, 0.717) is 0 Å². The van der Waals surface area contributed by atoms with Gasteiger partial charge >= 0.3 is 5.97 Å². The van der Waals surface area contributed by atoms with Gasteiger partial charge in [-0.2, -0.15) is 4.99 Å². The van der Waals surface area contributed by atoms with Gasteiger partial charge in [0.05, 0.1) is 12.3 Å². The van der Waals surface area contributed by atoms with Crippen LogP contribution in [-0.2, 0) is 9.53 Å². The first-order valence-corrected chi connectivity index (χ1v) is 4.34. The van der Waals surface area contributed by atoms with E-state index in [1.807, 2.05) is 0 Å². The molecule has 0 spiro atoms. The second-order valence-corrected chi connectivity index (χ2v) is 2.71. The molecule has 84 valence electrons. The number of benzene rings is 1. The third-order valence-electron chi connectivity index (χ3n) is 1.68. The Morgan fingerprint density at radius 3 is 2.44 bits per heavy atom. The molecule has 0 fully saturated rings. The van der Waals surface area contributed by atoms with Crippen molar-refractivity contribution in [1.29, 1.82) is 0 Å². The van der Waals surface area contributed by atoms with E-state index in [4.69, 9.17) is 0 Å². The predicted octanol–water partition coefficient (Wildman–Crippen LogP) is 2.11. The third kappa shape index (κ3) is 2.49. The lowest BCUT2D eigenvalue weighted by Crippen LogP contribution is -2.09. The number of esters is 1. The standard InChI is InChI=1S/C10H7F2NO3/c1-2-16-10(15)9-7(11)3-6(13-5-14)4-8(9)12/h3-4H,2H2,1H3. The van der Waals surface area contributed by atoms with Crippen molar-refractivity contribution >= 4 is 17.7 Å². The molecule has 0 aliphatic heterocycles. The number of carbonyl (C=O) groups is 1. The Morgan fingerprint density at radius 2 is 2.00 bits per heavy atom. The van der Waals surface area contributed by atoms with Gasteiger partial charge in [-0.3, -0.25) is 0 Å². The molecule has 0 N–H and O–H groups in total. The van der Waals surface area contributed by atoms with Crippen molar-refractivity contribution in [2.24, 2.45) is 4.99 Å². The van der Waals surface area contributed by atoms with Crippen molar-refractivity contribution in [2.75, 3.05) is 6.61 Å². The molecular formula is C10H7F2NO3. The molecule has 0 aliphatic carbocycles. The molecule has 0 heterocycles. The van der Waals surface area contributed by atoms with Crippen molar-refractivity contribution in [3.8, 4) is 0 Å². The average Bonchev–Trinajstić information content (AvgIpc) is 2.17. The van der Waals surface area contributed by atoms with Crippen LogP contribution in [0.15, 0.2) is 17.1 Å². The lowest BCUT2D eigenvalue weighted by molar-refractivity contribution is 0.0515. The van der Waals surface area contributed by atoms with Crippen LogP contribution in [0.2, 0.25) is 0 Å². The van der Waals surface area contributed by atoms with Gasteiger partial charge in [-0.05, 0) is 6.92 Å². The maximum absolute atomic E-state index is 13.3. The number of rotatable bonds is 3. The Bertz CT molecular complexity index is 444. The van der Waals surface area contributed by atoms with Crippen LogP contribution in [0.5, 0.6) is 0 Å². The van der Waals surface area contributed by atoms with Gasteiger partial charge in [0.25, 0.3) is 0 Å². The lowest BCUT2D eigenvalue weighted by atomic mass is 10.2. The number of aliphatic imine (C=N–C) groups is 1. The Hall–Kier alpha value is -2.07. The van der Waals surface area contributed by atoms with Gasteiger partial charge in [-0.15, -0.1) is 0 Å². The molecule has 1 aromatic carbocycles. The molecule has 6 heteroatoms. The molecule has 0 bridgehead atoms. The molecule has 0 amide bonds. The molecule has 0 saturated carbocycles. The van der Waals surface area contributed by atoms with Gasteiger partial charge in [0.2, 0.25) is 6.08 Å². The van der Waals surface area contributed by atoms with E-state index in [0.717, 1.165) is 18.2 Å². The fraction of sp³-hybridized carbons (Fsp3) is 0.200. The number of hydrogen-bond acceptors (Lipinski definition) is 4. The van der Waals surface area contributed by atoms with Crippen molar-refractivity contribution in [3.63, 3.8) is 0 Å². The van der Waals surface area contributed by atoms with Gasteiger partial charge in [0.1, 0.15) is 17.2 Å². The summed E-state index contributed by atoms with van der Waals surface area (Å²) in [6.45, 7) is 1.52. The SMILES string of the molecule is CCOC(=O)c1c(F)cc(N=C=O)cc1F. The Kier molecular flexibility index (Phi) is 3.85. The van der Waals surface area contributed by atoms with Crippen LogP contribution in [0.4, 0.5) is 14.5 Å². The first kappa shape index (κ1) is 12.0. The van der Waals surface area contributed by atoms with Crippen LogP contribution >= 0.6 is 0 Å². The highest BCUT2D eigenvalue weighted by atomic mass is 19.1. The molecule has 0 aliphatic rings. The minimum atomic E-state index is -1.13. The molecule has 1 rings (SSSR count). The van der Waals surface area contributed by atoms with Crippen molar-refractivity contribution < 1.29 is 23.1 Å². The maximum atomic E-state index is 13.3. The lowest BCUT2D eigenvalue weighted by Gasteiger charge is -2.04. The monoisotopic (exact) mass is 227 g/mol. The first-order valence-electron chi connectivity index (χ1n) is 4.34. The summed E-state index contributed by atoms with van der Waals surface area (Å²) >= 11 is 0. The van der Waals surface area contributed by atoms with Crippen LogP contribution in [0.25, 0.3) is 0 Å². The zero-order valence-electron chi connectivity index (χ0n) is 8.29. The van der Waals surface area contributed by atoms with E-state index in [1.165, 1.54) is 6.92 Å². The van der Waals surface area contributed by atoms with Crippen LogP contribution in [0.1, 0.15) is 17.3 Å². The molecule has 0 aromatic heterocycles. The second kappa shape index (κ2) is 5.14. The van der Waals surface area contributed by atoms with E-state index in [-0.39, 0.29) is 12.3 Å². The zero-order chi connectivity index (χ0) is 12.1. The number of isocyanates is 1. The summed E-state index contributed by atoms with van der Waals surface area (Å²) in [7, 11) is 0. The Balaban J connectivity index is 3.22. The number of carbonyl (C=O) groups excluding carboxylic acids is 2. The number of ether oxygens (including phenoxy) is 1. The van der Waals surface area contributed by atoms with Gasteiger partial charge < -0.3 is 4.74 Å². The Morgan fingerprint density at radius 1 is 1.44 bits per heavy atom. The summed E-state index contributed by atoms with van der Waals surface area (Å²) in [4.78, 5) is 24.1. The van der Waals surface area contributed by atoms with Crippen molar-refractivity contribution in [2.45, 2.75) is 6.92 Å².